The molecule has 3 aromatic carbocycles. The number of amides is 1. The molecule has 0 atom stereocenters. The third kappa shape index (κ3) is 4.07. The summed E-state index contributed by atoms with van der Waals surface area (Å²) in [4.78, 5) is 23.5. The highest BCUT2D eigenvalue weighted by atomic mass is 35.5. The van der Waals surface area contributed by atoms with E-state index in [1.54, 1.807) is 24.3 Å². The van der Waals surface area contributed by atoms with Crippen molar-refractivity contribution in [3.8, 4) is 0 Å². The topological polar surface area (TPSA) is 78.4 Å². The van der Waals surface area contributed by atoms with Crippen molar-refractivity contribution in [2.75, 3.05) is 17.2 Å². The Morgan fingerprint density at radius 1 is 1.00 bits per heavy atom. The van der Waals surface area contributed by atoms with Crippen LogP contribution in [0, 0.1) is 0 Å². The molecule has 1 amide bonds. The van der Waals surface area contributed by atoms with Gasteiger partial charge in [-0.25, -0.2) is 4.79 Å². The quantitative estimate of drug-likeness (QED) is 0.580. The molecular weight excluding hydrogens is 375 g/mol. The van der Waals surface area contributed by atoms with Crippen molar-refractivity contribution in [1.29, 1.82) is 0 Å². The Balaban J connectivity index is 1.88. The third-order valence-corrected chi connectivity index (χ3v) is 4.23. The highest BCUT2D eigenvalue weighted by molar-refractivity contribution is 6.39. The van der Waals surface area contributed by atoms with E-state index in [0.29, 0.717) is 32.2 Å². The second kappa shape index (κ2) is 7.64. The number of anilines is 2. The van der Waals surface area contributed by atoms with Crippen molar-refractivity contribution in [3.05, 3.63) is 70.2 Å². The molecule has 3 rings (SSSR count). The summed E-state index contributed by atoms with van der Waals surface area (Å²) in [5.74, 6) is -1.35. The molecule has 132 valence electrons. The van der Waals surface area contributed by atoms with E-state index in [0.717, 1.165) is 0 Å². The molecule has 0 aliphatic carbocycles. The summed E-state index contributed by atoms with van der Waals surface area (Å²) in [6.07, 6.45) is 0. The number of carboxylic acid groups (broad SMARTS) is 1. The van der Waals surface area contributed by atoms with Gasteiger partial charge in [-0.2, -0.15) is 0 Å². The summed E-state index contributed by atoms with van der Waals surface area (Å²) in [7, 11) is 0. The molecule has 3 aromatic rings. The molecule has 0 saturated heterocycles. The second-order valence-corrected chi connectivity index (χ2v) is 6.43. The summed E-state index contributed by atoms with van der Waals surface area (Å²) in [5.41, 5.74) is 1.19. The maximum atomic E-state index is 12.1. The fourth-order valence-electron chi connectivity index (χ4n) is 2.59. The second-order valence-electron chi connectivity index (χ2n) is 5.58. The lowest BCUT2D eigenvalue weighted by Crippen LogP contribution is -2.22. The van der Waals surface area contributed by atoms with Gasteiger partial charge in [0.05, 0.1) is 17.1 Å². The van der Waals surface area contributed by atoms with Crippen LogP contribution in [0.1, 0.15) is 10.4 Å². The minimum Gasteiger partial charge on any atom is -0.478 e. The maximum absolute atomic E-state index is 12.1. The molecular formula is C19H14Cl2N2O3. The minimum absolute atomic E-state index is 0.0496. The lowest BCUT2D eigenvalue weighted by atomic mass is 10.0. The fourth-order valence-corrected chi connectivity index (χ4v) is 3.20. The molecule has 0 aliphatic heterocycles. The van der Waals surface area contributed by atoms with Gasteiger partial charge in [-0.3, -0.25) is 4.79 Å². The molecule has 0 aromatic heterocycles. The minimum atomic E-state index is -1.08. The Labute approximate surface area is 159 Å². The fraction of sp³-hybridized carbons (Fsp3) is 0.0526. The van der Waals surface area contributed by atoms with Crippen LogP contribution in [0.25, 0.3) is 10.8 Å². The summed E-state index contributed by atoms with van der Waals surface area (Å²) >= 11 is 12.3. The van der Waals surface area contributed by atoms with E-state index in [-0.39, 0.29) is 18.0 Å². The van der Waals surface area contributed by atoms with Crippen LogP contribution < -0.4 is 10.6 Å². The van der Waals surface area contributed by atoms with Gasteiger partial charge in [-0.15, -0.1) is 0 Å². The average Bonchev–Trinajstić information content (AvgIpc) is 2.59. The standard InChI is InChI=1S/C19H14Cl2N2O3/c20-13-7-11-6-12(19(25)26)8-16(18(11)15(21)9-13)22-10-17(24)23-14-4-2-1-3-5-14/h1-9,22H,10H2,(H,23,24)(H,25,26). The maximum Gasteiger partial charge on any atom is 0.335 e. The first-order valence-electron chi connectivity index (χ1n) is 7.69. The van der Waals surface area contributed by atoms with Gasteiger partial charge in [0.1, 0.15) is 0 Å². The molecule has 0 spiro atoms. The van der Waals surface area contributed by atoms with Crippen LogP contribution in [-0.4, -0.2) is 23.5 Å². The lowest BCUT2D eigenvalue weighted by molar-refractivity contribution is -0.114. The number of hydrogen-bond acceptors (Lipinski definition) is 3. The molecule has 3 N–H and O–H groups in total. The van der Waals surface area contributed by atoms with Crippen molar-refractivity contribution >= 4 is 57.2 Å². The first-order chi connectivity index (χ1) is 12.4. The van der Waals surface area contributed by atoms with Gasteiger partial charge in [0.2, 0.25) is 5.91 Å². The Morgan fingerprint density at radius 2 is 1.73 bits per heavy atom. The number of hydrogen-bond donors (Lipinski definition) is 3. The molecule has 26 heavy (non-hydrogen) atoms. The summed E-state index contributed by atoms with van der Waals surface area (Å²) < 4.78 is 0. The largest absolute Gasteiger partial charge is 0.478 e. The van der Waals surface area contributed by atoms with Crippen LogP contribution in [0.4, 0.5) is 11.4 Å². The zero-order chi connectivity index (χ0) is 18.7. The van der Waals surface area contributed by atoms with Crippen LogP contribution in [0.15, 0.2) is 54.6 Å². The zero-order valence-corrected chi connectivity index (χ0v) is 14.9. The van der Waals surface area contributed by atoms with Crippen LogP contribution in [0.3, 0.4) is 0 Å². The molecule has 5 nitrogen and oxygen atoms in total. The lowest BCUT2D eigenvalue weighted by Gasteiger charge is -2.13. The van der Waals surface area contributed by atoms with Gasteiger partial charge in [0, 0.05) is 21.8 Å². The Bertz CT molecular complexity index is 991. The number of carbonyl (C=O) groups is 2. The molecule has 0 radical (unpaired) electrons. The number of aromatic carboxylic acids is 1. The number of benzene rings is 3. The number of nitrogens with one attached hydrogen (secondary N) is 2. The highest BCUT2D eigenvalue weighted by Gasteiger charge is 2.13. The number of rotatable bonds is 5. The predicted octanol–water partition coefficient (Wildman–Crippen LogP) is 4.90. The molecule has 0 unspecified atom stereocenters. The normalized spacial score (nSPS) is 10.5. The van der Waals surface area contributed by atoms with Crippen LogP contribution in [0.5, 0.6) is 0 Å². The van der Waals surface area contributed by atoms with Gasteiger partial charge >= 0.3 is 5.97 Å². The first-order valence-corrected chi connectivity index (χ1v) is 8.44. The number of fused-ring (bicyclic) bond motifs is 1. The summed E-state index contributed by atoms with van der Waals surface area (Å²) in [6, 6.07) is 15.2. The van der Waals surface area contributed by atoms with Gasteiger partial charge < -0.3 is 15.7 Å². The predicted molar refractivity (Wildman–Crippen MR) is 104 cm³/mol. The van der Waals surface area contributed by atoms with E-state index in [4.69, 9.17) is 23.2 Å². The Morgan fingerprint density at radius 3 is 2.42 bits per heavy atom. The SMILES string of the molecule is O=C(CNc1cc(C(=O)O)cc2cc(Cl)cc(Cl)c12)Nc1ccccc1. The van der Waals surface area contributed by atoms with E-state index < -0.39 is 5.97 Å². The molecule has 0 heterocycles. The molecule has 0 bridgehead atoms. The van der Waals surface area contributed by atoms with Crippen molar-refractivity contribution < 1.29 is 14.7 Å². The average molecular weight is 389 g/mol. The number of carboxylic acids is 1. The van der Waals surface area contributed by atoms with E-state index in [1.165, 1.54) is 12.1 Å². The van der Waals surface area contributed by atoms with Crippen molar-refractivity contribution in [3.63, 3.8) is 0 Å². The highest BCUT2D eigenvalue weighted by Crippen LogP contribution is 2.34. The summed E-state index contributed by atoms with van der Waals surface area (Å²) in [5, 5.41) is 17.0. The van der Waals surface area contributed by atoms with Gasteiger partial charge in [0.25, 0.3) is 0 Å². The van der Waals surface area contributed by atoms with E-state index in [2.05, 4.69) is 10.6 Å². The Hall–Kier alpha value is -2.76. The van der Waals surface area contributed by atoms with Crippen molar-refractivity contribution in [1.82, 2.24) is 0 Å². The molecule has 0 aliphatic rings. The van der Waals surface area contributed by atoms with E-state index in [1.807, 2.05) is 18.2 Å². The number of para-hydroxylation sites is 1. The van der Waals surface area contributed by atoms with E-state index >= 15 is 0 Å². The van der Waals surface area contributed by atoms with Gasteiger partial charge in [-0.1, -0.05) is 41.4 Å². The monoisotopic (exact) mass is 388 g/mol. The van der Waals surface area contributed by atoms with Gasteiger partial charge in [0.15, 0.2) is 0 Å². The molecule has 0 fully saturated rings. The van der Waals surface area contributed by atoms with E-state index in [9.17, 15) is 14.7 Å². The number of carbonyl (C=O) groups excluding carboxylic acids is 1. The smallest absolute Gasteiger partial charge is 0.335 e. The molecule has 0 saturated carbocycles. The first kappa shape index (κ1) is 18.0. The van der Waals surface area contributed by atoms with Crippen LogP contribution in [0.2, 0.25) is 10.0 Å². The number of halogens is 2. The summed E-state index contributed by atoms with van der Waals surface area (Å²) in [6.45, 7) is -0.0496. The van der Waals surface area contributed by atoms with Crippen molar-refractivity contribution in [2.24, 2.45) is 0 Å². The third-order valence-electron chi connectivity index (χ3n) is 3.71. The molecule has 7 heteroatoms. The van der Waals surface area contributed by atoms with Crippen LogP contribution >= 0.6 is 23.2 Å². The Kier molecular flexibility index (Phi) is 5.30. The van der Waals surface area contributed by atoms with Crippen molar-refractivity contribution in [2.45, 2.75) is 0 Å². The van der Waals surface area contributed by atoms with Crippen LogP contribution in [-0.2, 0) is 4.79 Å². The zero-order valence-electron chi connectivity index (χ0n) is 13.4. The van der Waals surface area contributed by atoms with Gasteiger partial charge in [-0.05, 0) is 41.8 Å².